The normalized spacial score (nSPS) is 11.3. The molecule has 4 heterocycles. The smallest absolute Gasteiger partial charge is 0.274 e. The number of aromatic nitrogens is 4. The first-order valence-corrected chi connectivity index (χ1v) is 34.3. The molecule has 114 heavy (non-hydrogen) atoms. The second kappa shape index (κ2) is 36.0. The molecule has 0 fully saturated rings. The van der Waals surface area contributed by atoms with E-state index < -0.39 is 47.3 Å². The molecular formula is C82H58N24O8. The monoisotopic (exact) mass is 1510 g/mol. The van der Waals surface area contributed by atoms with Gasteiger partial charge in [0, 0.05) is 0 Å². The van der Waals surface area contributed by atoms with Crippen molar-refractivity contribution in [2.24, 2.45) is 72.8 Å². The Balaban J connectivity index is 0.598. The third-order valence-corrected chi connectivity index (χ3v) is 15.9. The van der Waals surface area contributed by atoms with Gasteiger partial charge in [-0.15, -0.1) is 30.7 Å². The molecule has 0 aliphatic carbocycles. The SMILES string of the molecule is NC(=O)c1cccc(C(=O)Nc2ccccc2N=Nc2cccc(N=Nc3ccccc3NC(=O)c3cccc(C(=O)Nc4ccccc4N=Nc4cccc(N=Nc5ccccc5NC(=O)c5cccc(C(=O)Nc6ccccc6N=Nc6cccc(N=Nc7ccccc7NC(=O)c7cccc(C(N)=O)n7)c6)n5)c4)n3)c2)n1. The van der Waals surface area contributed by atoms with E-state index in [4.69, 9.17) is 11.5 Å². The molecule has 0 bridgehead atoms. The van der Waals surface area contributed by atoms with Crippen LogP contribution in [-0.4, -0.2) is 67.2 Å². The highest BCUT2D eigenvalue weighted by Crippen LogP contribution is 2.36. The first-order valence-electron chi connectivity index (χ1n) is 34.3. The Hall–Kier alpha value is -17.1. The van der Waals surface area contributed by atoms with Crippen molar-refractivity contribution in [3.8, 4) is 0 Å². The van der Waals surface area contributed by atoms with Crippen molar-refractivity contribution in [2.75, 3.05) is 31.9 Å². The first kappa shape index (κ1) is 75.2. The summed E-state index contributed by atoms with van der Waals surface area (Å²) >= 11 is 0. The standard InChI is InChI=1S/C82H58N24O8/c83-75(107)67-38-16-40-69(85-67)77(109)89-55-26-1-7-32-61(55)101-95-49-20-13-22-51(46-49)97-103-63-34-9-3-28-57(63)91-79(111)71-42-18-44-73(87-71)81(113)93-59-30-5-11-36-65(59)105-99-53-24-15-25-54(48-53)100-106-66-37-12-6-31-60(66)94-82(114)74-45-19-43-72(88-74)80(112)92-58-29-4-10-35-64(58)104-98-52-23-14-21-50(47-52)96-102-62-33-8-2-27-56(62)90-78(110)70-41-17-39-68(86-70)76(84)108/h1-48H,(H2,83,107)(H2,84,108)(H,89,109)(H,90,110)(H,91,111)(H,92,112)(H,93,113)(H,94,114). The van der Waals surface area contributed by atoms with Gasteiger partial charge in [-0.3, -0.25) is 38.4 Å². The van der Waals surface area contributed by atoms with Crippen molar-refractivity contribution in [1.82, 2.24) is 19.9 Å². The zero-order valence-electron chi connectivity index (χ0n) is 59.3. The number of azo groups is 6. The van der Waals surface area contributed by atoms with Crippen molar-refractivity contribution in [3.05, 3.63) is 337 Å². The van der Waals surface area contributed by atoms with Crippen LogP contribution in [0.1, 0.15) is 83.9 Å². The van der Waals surface area contributed by atoms with E-state index in [-0.39, 0.29) is 56.9 Å². The first-order chi connectivity index (χ1) is 55.6. The topological polar surface area (TPSA) is 461 Å². The summed E-state index contributed by atoms with van der Waals surface area (Å²) < 4.78 is 0. The minimum Gasteiger partial charge on any atom is -0.364 e. The summed E-state index contributed by atoms with van der Waals surface area (Å²) in [6, 6.07) is 78.0. The molecule has 32 heteroatoms. The molecule has 13 aromatic rings. The van der Waals surface area contributed by atoms with Gasteiger partial charge in [0.2, 0.25) is 0 Å². The number of anilines is 6. The molecule has 0 aliphatic rings. The van der Waals surface area contributed by atoms with Gasteiger partial charge >= 0.3 is 0 Å². The number of hydrogen-bond acceptors (Lipinski definition) is 24. The molecule has 4 aromatic heterocycles. The van der Waals surface area contributed by atoms with Crippen molar-refractivity contribution in [2.45, 2.75) is 0 Å². The van der Waals surface area contributed by atoms with Crippen LogP contribution in [0.3, 0.4) is 0 Å². The fraction of sp³-hybridized carbons (Fsp3) is 0. The Morgan fingerprint density at radius 2 is 0.351 bits per heavy atom. The van der Waals surface area contributed by atoms with Gasteiger partial charge in [-0.2, -0.15) is 30.7 Å². The minimum absolute atomic E-state index is 0.0199. The van der Waals surface area contributed by atoms with Crippen LogP contribution in [0.5, 0.6) is 0 Å². The number of primary amides is 2. The number of nitrogens with one attached hydrogen (secondary N) is 6. The molecule has 554 valence electrons. The Kier molecular flexibility index (Phi) is 23.8. The van der Waals surface area contributed by atoms with Crippen molar-refractivity contribution in [1.29, 1.82) is 0 Å². The number of hydrogen-bond donors (Lipinski definition) is 8. The Labute approximate surface area is 646 Å². The second-order valence-corrected chi connectivity index (χ2v) is 23.9. The van der Waals surface area contributed by atoms with Crippen LogP contribution in [0.15, 0.2) is 353 Å². The lowest BCUT2D eigenvalue weighted by atomic mass is 10.2. The second-order valence-electron chi connectivity index (χ2n) is 23.9. The van der Waals surface area contributed by atoms with E-state index in [1.165, 1.54) is 72.8 Å². The van der Waals surface area contributed by atoms with Gasteiger partial charge in [0.25, 0.3) is 47.3 Å². The summed E-state index contributed by atoms with van der Waals surface area (Å²) in [6.45, 7) is 0. The third kappa shape index (κ3) is 19.9. The molecule has 13 rings (SSSR count). The molecular weight excluding hydrogens is 1450 g/mol. The Morgan fingerprint density at radius 3 is 0.535 bits per heavy atom. The van der Waals surface area contributed by atoms with Crippen LogP contribution < -0.4 is 43.4 Å². The number of carbonyl (C=O) groups excluding carboxylic acids is 8. The van der Waals surface area contributed by atoms with E-state index in [0.717, 1.165) is 0 Å². The summed E-state index contributed by atoms with van der Waals surface area (Å²) in [5.41, 5.74) is 16.3. The van der Waals surface area contributed by atoms with Crippen LogP contribution in [0, 0.1) is 0 Å². The molecule has 10 N–H and O–H groups in total. The van der Waals surface area contributed by atoms with Crippen LogP contribution in [0.25, 0.3) is 0 Å². The summed E-state index contributed by atoms with van der Waals surface area (Å²) in [4.78, 5) is 121. The predicted molar refractivity (Wildman–Crippen MR) is 425 cm³/mol. The maximum Gasteiger partial charge on any atom is 0.274 e. The molecule has 0 unspecified atom stereocenters. The van der Waals surface area contributed by atoms with Crippen molar-refractivity contribution < 1.29 is 38.4 Å². The van der Waals surface area contributed by atoms with Gasteiger partial charge in [-0.05, 0) is 176 Å². The van der Waals surface area contributed by atoms with Crippen molar-refractivity contribution in [3.63, 3.8) is 0 Å². The zero-order chi connectivity index (χ0) is 79.1. The largest absolute Gasteiger partial charge is 0.364 e. The van der Waals surface area contributed by atoms with Gasteiger partial charge in [0.15, 0.2) is 0 Å². The van der Waals surface area contributed by atoms with Gasteiger partial charge in [-0.25, -0.2) is 19.9 Å². The van der Waals surface area contributed by atoms with E-state index in [1.54, 1.807) is 218 Å². The van der Waals surface area contributed by atoms with Gasteiger partial charge < -0.3 is 43.4 Å². The number of rotatable bonds is 26. The van der Waals surface area contributed by atoms with Gasteiger partial charge in [0.05, 0.1) is 68.2 Å². The average Bonchev–Trinajstić information content (AvgIpc) is 0.830. The molecule has 32 nitrogen and oxygen atoms in total. The van der Waals surface area contributed by atoms with Crippen LogP contribution in [0.4, 0.5) is 102 Å². The number of benzene rings is 9. The fourth-order valence-corrected chi connectivity index (χ4v) is 10.4. The number of pyridine rings is 4. The summed E-state index contributed by atoms with van der Waals surface area (Å²) in [5, 5.41) is 69.4. The summed E-state index contributed by atoms with van der Waals surface area (Å²) in [5.74, 6) is -5.28. The quantitative estimate of drug-likeness (QED) is 0.0235. The Bertz CT molecular complexity index is 5740. The van der Waals surface area contributed by atoms with E-state index >= 15 is 0 Å². The lowest BCUT2D eigenvalue weighted by Crippen LogP contribution is -2.18. The lowest BCUT2D eigenvalue weighted by molar-refractivity contribution is 0.0982. The highest BCUT2D eigenvalue weighted by Gasteiger charge is 2.20. The van der Waals surface area contributed by atoms with E-state index in [1.807, 2.05) is 0 Å². The molecule has 0 saturated heterocycles. The van der Waals surface area contributed by atoms with Crippen LogP contribution >= 0.6 is 0 Å². The molecule has 0 atom stereocenters. The molecule has 0 saturated carbocycles. The van der Waals surface area contributed by atoms with Crippen LogP contribution in [0.2, 0.25) is 0 Å². The van der Waals surface area contributed by atoms with E-state index in [9.17, 15) is 38.4 Å². The highest BCUT2D eigenvalue weighted by atomic mass is 16.2. The molecule has 9 aromatic carbocycles. The highest BCUT2D eigenvalue weighted by molar-refractivity contribution is 6.10. The summed E-state index contributed by atoms with van der Waals surface area (Å²) in [6.07, 6.45) is 0. The number of para-hydroxylation sites is 6. The Morgan fingerprint density at radius 1 is 0.193 bits per heavy atom. The number of amides is 8. The average molecular weight is 1510 g/mol. The maximum absolute atomic E-state index is 13.8. The molecule has 8 amide bonds. The predicted octanol–water partition coefficient (Wildman–Crippen LogP) is 19.5. The van der Waals surface area contributed by atoms with E-state index in [2.05, 4.69) is 113 Å². The number of carbonyl (C=O) groups is 8. The molecule has 0 aliphatic heterocycles. The minimum atomic E-state index is -0.773. The molecule has 0 spiro atoms. The zero-order valence-corrected chi connectivity index (χ0v) is 59.3. The van der Waals surface area contributed by atoms with E-state index in [0.29, 0.717) is 91.0 Å². The summed E-state index contributed by atoms with van der Waals surface area (Å²) in [7, 11) is 0. The number of nitrogens with two attached hydrogens (primary N) is 2. The van der Waals surface area contributed by atoms with Crippen LogP contribution in [-0.2, 0) is 0 Å². The lowest BCUT2D eigenvalue weighted by Gasteiger charge is -2.10. The van der Waals surface area contributed by atoms with Crippen molar-refractivity contribution >= 4 is 150 Å². The third-order valence-electron chi connectivity index (χ3n) is 15.9. The molecule has 0 radical (unpaired) electrons. The number of nitrogens with zero attached hydrogens (tertiary/aromatic N) is 16. The maximum atomic E-state index is 13.8. The van der Waals surface area contributed by atoms with Gasteiger partial charge in [0.1, 0.15) is 79.7 Å². The fourth-order valence-electron chi connectivity index (χ4n) is 10.4. The van der Waals surface area contributed by atoms with Gasteiger partial charge in [-0.1, -0.05) is 115 Å².